The Bertz CT molecular complexity index is 568. The van der Waals surface area contributed by atoms with Gasteiger partial charge in [-0.15, -0.1) is 0 Å². The van der Waals surface area contributed by atoms with Gasteiger partial charge in [0, 0.05) is 38.3 Å². The second kappa shape index (κ2) is 5.97. The molecule has 1 atom stereocenters. The Morgan fingerprint density at radius 1 is 1.45 bits per heavy atom. The Hall–Kier alpha value is -1.46. The average molecular weight is 306 g/mol. The van der Waals surface area contributed by atoms with Gasteiger partial charge in [-0.2, -0.15) is 0 Å². The van der Waals surface area contributed by atoms with Crippen molar-refractivity contribution in [2.24, 2.45) is 5.92 Å². The zero-order valence-corrected chi connectivity index (χ0v) is 13.1. The summed E-state index contributed by atoms with van der Waals surface area (Å²) < 4.78 is 13.4. The van der Waals surface area contributed by atoms with Crippen LogP contribution in [-0.4, -0.2) is 59.6 Å². The van der Waals surface area contributed by atoms with Gasteiger partial charge in [-0.3, -0.25) is 9.69 Å². The quantitative estimate of drug-likeness (QED) is 0.900. The molecule has 120 valence electrons. The van der Waals surface area contributed by atoms with E-state index in [1.807, 2.05) is 7.05 Å². The van der Waals surface area contributed by atoms with Crippen LogP contribution in [0.15, 0.2) is 18.2 Å². The van der Waals surface area contributed by atoms with Crippen LogP contribution < -0.4 is 0 Å². The highest BCUT2D eigenvalue weighted by molar-refractivity contribution is 5.94. The van der Waals surface area contributed by atoms with Gasteiger partial charge in [0.25, 0.3) is 5.91 Å². The molecule has 1 aliphatic carbocycles. The molecule has 2 fully saturated rings. The smallest absolute Gasteiger partial charge is 0.253 e. The van der Waals surface area contributed by atoms with Crippen molar-refractivity contribution in [1.29, 1.82) is 0 Å². The summed E-state index contributed by atoms with van der Waals surface area (Å²) in [5.74, 6) is 0.210. The van der Waals surface area contributed by atoms with E-state index >= 15 is 0 Å². The first kappa shape index (κ1) is 15.4. The number of likely N-dealkylation sites (N-methyl/N-ethyl adjacent to an activating group) is 1. The number of nitrogens with zero attached hydrogens (tertiary/aromatic N) is 2. The molecule has 3 rings (SSSR count). The number of aliphatic hydroxyl groups is 1. The van der Waals surface area contributed by atoms with Crippen LogP contribution in [0.5, 0.6) is 0 Å². The summed E-state index contributed by atoms with van der Waals surface area (Å²) in [6, 6.07) is 4.70. The van der Waals surface area contributed by atoms with E-state index in [4.69, 9.17) is 0 Å². The van der Waals surface area contributed by atoms with E-state index in [1.54, 1.807) is 24.0 Å². The van der Waals surface area contributed by atoms with Gasteiger partial charge < -0.3 is 10.0 Å². The van der Waals surface area contributed by atoms with Gasteiger partial charge in [0.1, 0.15) is 5.82 Å². The molecule has 5 heteroatoms. The molecule has 0 bridgehead atoms. The number of halogens is 1. The molecule has 1 amide bonds. The van der Waals surface area contributed by atoms with Crippen molar-refractivity contribution in [2.45, 2.75) is 31.9 Å². The number of carbonyl (C=O) groups excluding carboxylic acids is 1. The Morgan fingerprint density at radius 2 is 2.14 bits per heavy atom. The maximum absolute atomic E-state index is 13.4. The summed E-state index contributed by atoms with van der Waals surface area (Å²) in [7, 11) is 1.83. The van der Waals surface area contributed by atoms with Gasteiger partial charge in [-0.05, 0) is 49.4 Å². The van der Waals surface area contributed by atoms with Crippen molar-refractivity contribution in [3.63, 3.8) is 0 Å². The fourth-order valence-corrected chi connectivity index (χ4v) is 3.16. The fraction of sp³-hybridized carbons (Fsp3) is 0.588. The summed E-state index contributed by atoms with van der Waals surface area (Å²) in [5.41, 5.74) is 1.03. The molecule has 1 N–H and O–H groups in total. The van der Waals surface area contributed by atoms with Crippen LogP contribution in [0.4, 0.5) is 4.39 Å². The topological polar surface area (TPSA) is 43.8 Å². The van der Waals surface area contributed by atoms with Gasteiger partial charge in [-0.25, -0.2) is 4.39 Å². The van der Waals surface area contributed by atoms with E-state index in [1.165, 1.54) is 6.07 Å². The number of hydrogen-bond acceptors (Lipinski definition) is 3. The first-order chi connectivity index (χ1) is 10.5. The second-order valence-electron chi connectivity index (χ2n) is 6.66. The van der Waals surface area contributed by atoms with Crippen LogP contribution in [0.3, 0.4) is 0 Å². The van der Waals surface area contributed by atoms with Gasteiger partial charge in [0.05, 0.1) is 6.10 Å². The largest absolute Gasteiger partial charge is 0.390 e. The zero-order chi connectivity index (χ0) is 15.9. The summed E-state index contributed by atoms with van der Waals surface area (Å²) in [6.07, 6.45) is 2.09. The SMILES string of the molecule is Cc1cc(C(=O)N(C)C(CN2CC(O)C2)C2CC2)ccc1F. The van der Waals surface area contributed by atoms with Crippen molar-refractivity contribution < 1.29 is 14.3 Å². The van der Waals surface area contributed by atoms with Crippen LogP contribution >= 0.6 is 0 Å². The number of benzene rings is 1. The molecule has 22 heavy (non-hydrogen) atoms. The molecule has 0 spiro atoms. The van der Waals surface area contributed by atoms with E-state index in [2.05, 4.69) is 4.90 Å². The summed E-state index contributed by atoms with van der Waals surface area (Å²) in [6.45, 7) is 3.87. The molecular weight excluding hydrogens is 283 g/mol. The number of carbonyl (C=O) groups is 1. The average Bonchev–Trinajstić information content (AvgIpc) is 3.28. The predicted octanol–water partition coefficient (Wildman–Crippen LogP) is 1.66. The van der Waals surface area contributed by atoms with Gasteiger partial charge in [0.15, 0.2) is 0 Å². The molecule has 0 radical (unpaired) electrons. The lowest BCUT2D eigenvalue weighted by Gasteiger charge is -2.40. The second-order valence-corrected chi connectivity index (χ2v) is 6.66. The van der Waals surface area contributed by atoms with Crippen LogP contribution in [0.1, 0.15) is 28.8 Å². The Labute approximate surface area is 130 Å². The maximum atomic E-state index is 13.4. The van der Waals surface area contributed by atoms with Crippen molar-refractivity contribution in [3.05, 3.63) is 35.1 Å². The highest BCUT2D eigenvalue weighted by Gasteiger charge is 2.39. The Morgan fingerprint density at radius 3 is 2.68 bits per heavy atom. The molecule has 1 saturated carbocycles. The molecule has 1 unspecified atom stereocenters. The minimum absolute atomic E-state index is 0.0546. The van der Waals surface area contributed by atoms with Crippen LogP contribution in [-0.2, 0) is 0 Å². The number of likely N-dealkylation sites (tertiary alicyclic amines) is 1. The Balaban J connectivity index is 1.70. The van der Waals surface area contributed by atoms with E-state index < -0.39 is 0 Å². The molecule has 0 aromatic heterocycles. The number of hydrogen-bond donors (Lipinski definition) is 1. The predicted molar refractivity (Wildman–Crippen MR) is 82.2 cm³/mol. The van der Waals surface area contributed by atoms with Crippen LogP contribution in [0.2, 0.25) is 0 Å². The lowest BCUT2D eigenvalue weighted by atomic mass is 10.0. The Kier molecular flexibility index (Phi) is 4.19. The molecule has 1 aromatic carbocycles. The van der Waals surface area contributed by atoms with Crippen molar-refractivity contribution >= 4 is 5.91 Å². The van der Waals surface area contributed by atoms with Crippen LogP contribution in [0.25, 0.3) is 0 Å². The highest BCUT2D eigenvalue weighted by Crippen LogP contribution is 2.36. The lowest BCUT2D eigenvalue weighted by Crippen LogP contribution is -2.56. The lowest BCUT2D eigenvalue weighted by molar-refractivity contribution is -0.0127. The molecule has 1 aliphatic heterocycles. The normalized spacial score (nSPS) is 20.5. The third-order valence-electron chi connectivity index (χ3n) is 4.77. The molecule has 1 saturated heterocycles. The zero-order valence-electron chi connectivity index (χ0n) is 13.1. The van der Waals surface area contributed by atoms with Gasteiger partial charge >= 0.3 is 0 Å². The van der Waals surface area contributed by atoms with E-state index in [-0.39, 0.29) is 23.9 Å². The number of β-amino-alcohol motifs (C(OH)–C–C–N with tert-alkyl or cyclic N) is 1. The summed E-state index contributed by atoms with van der Waals surface area (Å²) in [5, 5.41) is 9.41. The van der Waals surface area contributed by atoms with E-state index in [0.717, 1.165) is 19.4 Å². The van der Waals surface area contributed by atoms with Gasteiger partial charge in [-0.1, -0.05) is 0 Å². The van der Waals surface area contributed by atoms with Crippen molar-refractivity contribution in [1.82, 2.24) is 9.80 Å². The monoisotopic (exact) mass is 306 g/mol. The molecule has 4 nitrogen and oxygen atoms in total. The fourth-order valence-electron chi connectivity index (χ4n) is 3.16. The molecular formula is C17H23FN2O2. The first-order valence-corrected chi connectivity index (χ1v) is 7.89. The molecule has 1 aromatic rings. The first-order valence-electron chi connectivity index (χ1n) is 7.89. The highest BCUT2D eigenvalue weighted by atomic mass is 19.1. The van der Waals surface area contributed by atoms with Crippen molar-refractivity contribution in [2.75, 3.05) is 26.7 Å². The maximum Gasteiger partial charge on any atom is 0.253 e. The number of amides is 1. The minimum atomic E-state index is -0.285. The van der Waals surface area contributed by atoms with Crippen molar-refractivity contribution in [3.8, 4) is 0 Å². The third-order valence-corrected chi connectivity index (χ3v) is 4.77. The van der Waals surface area contributed by atoms with E-state index in [9.17, 15) is 14.3 Å². The van der Waals surface area contributed by atoms with Gasteiger partial charge in [0.2, 0.25) is 0 Å². The standard InChI is InChI=1S/C17H23FN2O2/c1-11-7-13(5-6-15(11)18)17(22)19(2)16(12-3-4-12)10-20-8-14(21)9-20/h5-7,12,14,16,21H,3-4,8-10H2,1-2H3. The summed E-state index contributed by atoms with van der Waals surface area (Å²) >= 11 is 0. The minimum Gasteiger partial charge on any atom is -0.390 e. The number of aryl methyl sites for hydroxylation is 1. The molecule has 2 aliphatic rings. The number of rotatable bonds is 5. The molecule has 1 heterocycles. The van der Waals surface area contributed by atoms with E-state index in [0.29, 0.717) is 30.1 Å². The van der Waals surface area contributed by atoms with Crippen LogP contribution in [0, 0.1) is 18.7 Å². The third kappa shape index (κ3) is 3.15. The summed E-state index contributed by atoms with van der Waals surface area (Å²) in [4.78, 5) is 16.7. The number of aliphatic hydroxyl groups excluding tert-OH is 1.